The van der Waals surface area contributed by atoms with Gasteiger partial charge in [-0.15, -0.1) is 0 Å². The van der Waals surface area contributed by atoms with E-state index in [0.717, 1.165) is 26.3 Å². The molecule has 0 amide bonds. The Morgan fingerprint density at radius 2 is 1.82 bits per heavy atom. The zero-order chi connectivity index (χ0) is 20.1. The van der Waals surface area contributed by atoms with Gasteiger partial charge in [-0.25, -0.2) is 4.39 Å². The molecule has 1 N–H and O–H groups in total. The van der Waals surface area contributed by atoms with E-state index in [2.05, 4.69) is 21.2 Å². The van der Waals surface area contributed by atoms with Gasteiger partial charge < -0.3 is 14.8 Å². The molecular formula is C22H20BrClFNO2. The summed E-state index contributed by atoms with van der Waals surface area (Å²) in [4.78, 5) is 0. The number of hydrogen-bond donors (Lipinski definition) is 1. The minimum atomic E-state index is -0.293. The van der Waals surface area contributed by atoms with Crippen LogP contribution in [0, 0.1) is 12.7 Å². The Bertz CT molecular complexity index is 981. The Morgan fingerprint density at radius 3 is 2.54 bits per heavy atom. The van der Waals surface area contributed by atoms with Crippen molar-refractivity contribution in [1.82, 2.24) is 0 Å². The number of rotatable bonds is 7. The van der Waals surface area contributed by atoms with Gasteiger partial charge in [-0.3, -0.25) is 0 Å². The highest BCUT2D eigenvalue weighted by Gasteiger charge is 2.12. The van der Waals surface area contributed by atoms with Gasteiger partial charge in [0, 0.05) is 27.3 Å². The van der Waals surface area contributed by atoms with Crippen molar-refractivity contribution in [1.29, 1.82) is 0 Å². The summed E-state index contributed by atoms with van der Waals surface area (Å²) in [5.41, 5.74) is 3.45. The van der Waals surface area contributed by atoms with Gasteiger partial charge in [-0.1, -0.05) is 51.8 Å². The lowest BCUT2D eigenvalue weighted by molar-refractivity contribution is 0.279. The number of nitrogens with one attached hydrogen (secondary N) is 1. The highest BCUT2D eigenvalue weighted by atomic mass is 79.9. The third-order valence-corrected chi connectivity index (χ3v) is 5.47. The van der Waals surface area contributed by atoms with Crippen molar-refractivity contribution in [3.8, 4) is 11.5 Å². The van der Waals surface area contributed by atoms with E-state index in [1.54, 1.807) is 25.3 Å². The van der Waals surface area contributed by atoms with Gasteiger partial charge in [0.25, 0.3) is 0 Å². The van der Waals surface area contributed by atoms with Gasteiger partial charge >= 0.3 is 0 Å². The number of benzene rings is 3. The summed E-state index contributed by atoms with van der Waals surface area (Å²) in [6.45, 7) is 2.66. The molecule has 0 radical (unpaired) electrons. The number of ether oxygens (including phenoxy) is 2. The Kier molecular flexibility index (Phi) is 6.81. The molecule has 6 heteroatoms. The first-order chi connectivity index (χ1) is 13.5. The van der Waals surface area contributed by atoms with Crippen LogP contribution in [0.5, 0.6) is 11.5 Å². The number of halogens is 3. The molecule has 0 fully saturated rings. The van der Waals surface area contributed by atoms with Crippen LogP contribution in [0.3, 0.4) is 0 Å². The molecule has 0 atom stereocenters. The van der Waals surface area contributed by atoms with E-state index in [1.165, 1.54) is 6.07 Å². The molecule has 0 aliphatic heterocycles. The summed E-state index contributed by atoms with van der Waals surface area (Å²) in [6.07, 6.45) is 0. The van der Waals surface area contributed by atoms with E-state index in [-0.39, 0.29) is 12.4 Å². The topological polar surface area (TPSA) is 30.5 Å². The molecule has 0 unspecified atom stereocenters. The van der Waals surface area contributed by atoms with Gasteiger partial charge in [-0.05, 0) is 48.4 Å². The van der Waals surface area contributed by atoms with Crippen LogP contribution in [0.1, 0.15) is 16.7 Å². The lowest BCUT2D eigenvalue weighted by atomic mass is 10.1. The maximum absolute atomic E-state index is 13.8. The molecule has 0 saturated carbocycles. The van der Waals surface area contributed by atoms with Crippen LogP contribution < -0.4 is 14.8 Å². The predicted octanol–water partition coefficient (Wildman–Crippen LogP) is 6.75. The lowest BCUT2D eigenvalue weighted by Crippen LogP contribution is -2.03. The number of aryl methyl sites for hydroxylation is 1. The quantitative estimate of drug-likeness (QED) is 0.419. The van der Waals surface area contributed by atoms with Crippen LogP contribution in [0.15, 0.2) is 59.1 Å². The SMILES string of the molecule is COc1cc(CNc2ccc(C)c(Cl)c2)c(Br)cc1OCc1ccccc1F. The van der Waals surface area contributed by atoms with E-state index >= 15 is 0 Å². The smallest absolute Gasteiger partial charge is 0.162 e. The maximum Gasteiger partial charge on any atom is 0.162 e. The molecule has 0 aromatic heterocycles. The molecule has 0 saturated heterocycles. The van der Waals surface area contributed by atoms with E-state index < -0.39 is 0 Å². The number of anilines is 1. The predicted molar refractivity (Wildman–Crippen MR) is 115 cm³/mol. The van der Waals surface area contributed by atoms with Crippen molar-refractivity contribution in [3.63, 3.8) is 0 Å². The summed E-state index contributed by atoms with van der Waals surface area (Å²) in [5.74, 6) is 0.830. The summed E-state index contributed by atoms with van der Waals surface area (Å²) in [7, 11) is 1.58. The van der Waals surface area contributed by atoms with Crippen molar-refractivity contribution < 1.29 is 13.9 Å². The molecule has 0 heterocycles. The van der Waals surface area contributed by atoms with Crippen LogP contribution in [0.25, 0.3) is 0 Å². The Morgan fingerprint density at radius 1 is 1.04 bits per heavy atom. The third-order valence-electron chi connectivity index (χ3n) is 4.33. The molecule has 28 heavy (non-hydrogen) atoms. The van der Waals surface area contributed by atoms with Crippen LogP contribution in [-0.2, 0) is 13.2 Å². The van der Waals surface area contributed by atoms with Gasteiger partial charge in [-0.2, -0.15) is 0 Å². The second kappa shape index (κ2) is 9.30. The zero-order valence-electron chi connectivity index (χ0n) is 15.6. The van der Waals surface area contributed by atoms with Gasteiger partial charge in [0.1, 0.15) is 12.4 Å². The Balaban J connectivity index is 1.73. The van der Waals surface area contributed by atoms with E-state index in [0.29, 0.717) is 23.6 Å². The van der Waals surface area contributed by atoms with Gasteiger partial charge in [0.05, 0.1) is 7.11 Å². The number of methoxy groups -OCH3 is 1. The van der Waals surface area contributed by atoms with Crippen molar-refractivity contribution >= 4 is 33.2 Å². The third kappa shape index (κ3) is 4.97. The van der Waals surface area contributed by atoms with Crippen molar-refractivity contribution in [3.05, 3.63) is 86.6 Å². The van der Waals surface area contributed by atoms with Crippen LogP contribution in [0.2, 0.25) is 5.02 Å². The molecule has 3 aromatic rings. The van der Waals surface area contributed by atoms with E-state index in [1.807, 2.05) is 37.3 Å². The molecule has 3 aromatic carbocycles. The highest BCUT2D eigenvalue weighted by Crippen LogP contribution is 2.34. The van der Waals surface area contributed by atoms with E-state index in [4.69, 9.17) is 21.1 Å². The fourth-order valence-electron chi connectivity index (χ4n) is 2.66. The van der Waals surface area contributed by atoms with Crippen molar-refractivity contribution in [2.45, 2.75) is 20.1 Å². The molecule has 3 rings (SSSR count). The van der Waals surface area contributed by atoms with Crippen molar-refractivity contribution in [2.75, 3.05) is 12.4 Å². The lowest BCUT2D eigenvalue weighted by Gasteiger charge is -2.15. The standard InChI is InChI=1S/C22H20BrClFNO2/c1-14-7-8-17(10-19(14)24)26-12-16-9-21(27-2)22(11-18(16)23)28-13-15-5-3-4-6-20(15)25/h3-11,26H,12-13H2,1-2H3. The normalized spacial score (nSPS) is 10.6. The molecule has 0 aliphatic rings. The van der Waals surface area contributed by atoms with Crippen molar-refractivity contribution in [2.24, 2.45) is 0 Å². The minimum absolute atomic E-state index is 0.120. The Hall–Kier alpha value is -2.24. The highest BCUT2D eigenvalue weighted by molar-refractivity contribution is 9.10. The fraction of sp³-hybridized carbons (Fsp3) is 0.182. The zero-order valence-corrected chi connectivity index (χ0v) is 17.9. The molecule has 3 nitrogen and oxygen atoms in total. The first-order valence-corrected chi connectivity index (χ1v) is 9.87. The van der Waals surface area contributed by atoms with Gasteiger partial charge in [0.2, 0.25) is 0 Å². The summed E-state index contributed by atoms with van der Waals surface area (Å²) in [6, 6.07) is 16.1. The first kappa shape index (κ1) is 20.5. The summed E-state index contributed by atoms with van der Waals surface area (Å²) < 4.78 is 25.9. The summed E-state index contributed by atoms with van der Waals surface area (Å²) in [5, 5.41) is 4.07. The number of hydrogen-bond acceptors (Lipinski definition) is 3. The molecule has 0 bridgehead atoms. The minimum Gasteiger partial charge on any atom is -0.493 e. The largest absolute Gasteiger partial charge is 0.493 e. The van der Waals surface area contributed by atoms with E-state index in [9.17, 15) is 4.39 Å². The Labute approximate surface area is 177 Å². The fourth-order valence-corrected chi connectivity index (χ4v) is 3.30. The average Bonchev–Trinajstić information content (AvgIpc) is 2.69. The van der Waals surface area contributed by atoms with Crippen LogP contribution in [0.4, 0.5) is 10.1 Å². The first-order valence-electron chi connectivity index (χ1n) is 8.70. The second-order valence-electron chi connectivity index (χ2n) is 6.29. The molecule has 146 valence electrons. The molecular weight excluding hydrogens is 445 g/mol. The second-order valence-corrected chi connectivity index (χ2v) is 7.55. The van der Waals surface area contributed by atoms with Crippen LogP contribution >= 0.6 is 27.5 Å². The monoisotopic (exact) mass is 463 g/mol. The van der Waals surface area contributed by atoms with Crippen LogP contribution in [-0.4, -0.2) is 7.11 Å². The molecule has 0 aliphatic carbocycles. The molecule has 0 spiro atoms. The van der Waals surface area contributed by atoms with Gasteiger partial charge in [0.15, 0.2) is 11.5 Å². The summed E-state index contributed by atoms with van der Waals surface area (Å²) >= 11 is 9.75. The average molecular weight is 465 g/mol. The maximum atomic E-state index is 13.8.